The average molecular weight is 472 g/mol. The third-order valence-electron chi connectivity index (χ3n) is 4.97. The zero-order valence-corrected chi connectivity index (χ0v) is 18.5. The van der Waals surface area contributed by atoms with Crippen LogP contribution in [0.1, 0.15) is 52.2 Å². The lowest BCUT2D eigenvalue weighted by Crippen LogP contribution is -2.15. The highest BCUT2D eigenvalue weighted by molar-refractivity contribution is 7.17. The number of benzene rings is 1. The maximum atomic E-state index is 12.9. The fourth-order valence-electron chi connectivity index (χ4n) is 3.42. The van der Waals surface area contributed by atoms with Crippen molar-refractivity contribution in [1.29, 1.82) is 0 Å². The van der Waals surface area contributed by atoms with E-state index in [9.17, 15) is 22.8 Å². The van der Waals surface area contributed by atoms with Gasteiger partial charge >= 0.3 is 12.1 Å². The van der Waals surface area contributed by atoms with Crippen molar-refractivity contribution < 1.29 is 27.5 Å². The molecule has 4 nitrogen and oxygen atoms in total. The Labute approximate surface area is 187 Å². The molecule has 0 radical (unpaired) electrons. The number of amides is 1. The normalized spacial score (nSPS) is 16.3. The van der Waals surface area contributed by atoms with Crippen LogP contribution in [0.4, 0.5) is 18.2 Å². The average Bonchev–Trinajstić information content (AvgIpc) is 3.03. The van der Waals surface area contributed by atoms with Crippen molar-refractivity contribution >= 4 is 45.9 Å². The Morgan fingerprint density at radius 3 is 2.77 bits per heavy atom. The second-order valence-corrected chi connectivity index (χ2v) is 8.85. The molecule has 1 unspecified atom stereocenters. The summed E-state index contributed by atoms with van der Waals surface area (Å²) in [4.78, 5) is 26.0. The van der Waals surface area contributed by atoms with Crippen LogP contribution in [0.2, 0.25) is 5.02 Å². The Balaban J connectivity index is 1.85. The van der Waals surface area contributed by atoms with Gasteiger partial charge in [0, 0.05) is 16.0 Å². The molecule has 3 rings (SSSR count). The molecule has 31 heavy (non-hydrogen) atoms. The smallest absolute Gasteiger partial charge is 0.416 e. The molecule has 1 aliphatic carbocycles. The van der Waals surface area contributed by atoms with Crippen LogP contribution in [-0.2, 0) is 28.5 Å². The SMILES string of the molecule is CCOC(=O)c1c(NC(=O)/C=C/c2cc(C(F)(F)F)ccc2Cl)sc2c1CCC(C)C2. The second-order valence-electron chi connectivity index (χ2n) is 7.33. The predicted molar refractivity (Wildman–Crippen MR) is 116 cm³/mol. The molecule has 0 fully saturated rings. The van der Waals surface area contributed by atoms with E-state index in [1.165, 1.54) is 17.4 Å². The lowest BCUT2D eigenvalue weighted by Gasteiger charge is -2.18. The Morgan fingerprint density at radius 2 is 2.10 bits per heavy atom. The summed E-state index contributed by atoms with van der Waals surface area (Å²) in [6, 6.07) is 2.89. The minimum Gasteiger partial charge on any atom is -0.462 e. The van der Waals surface area contributed by atoms with Gasteiger partial charge < -0.3 is 10.1 Å². The third-order valence-corrected chi connectivity index (χ3v) is 6.48. The number of nitrogens with one attached hydrogen (secondary N) is 1. The standard InChI is InChI=1S/C22H21ClF3NO3S/c1-3-30-21(29)19-15-7-4-12(2)10-17(15)31-20(19)27-18(28)9-5-13-11-14(22(24,25)26)6-8-16(13)23/h5-6,8-9,11-12H,3-4,7,10H2,1-2H3,(H,27,28)/b9-5+. The monoisotopic (exact) mass is 471 g/mol. The number of anilines is 1. The van der Waals surface area contributed by atoms with Crippen LogP contribution < -0.4 is 5.32 Å². The molecule has 1 aromatic heterocycles. The number of ether oxygens (including phenoxy) is 1. The van der Waals surface area contributed by atoms with Crippen LogP contribution in [0, 0.1) is 5.92 Å². The van der Waals surface area contributed by atoms with Gasteiger partial charge in [0.1, 0.15) is 5.00 Å². The van der Waals surface area contributed by atoms with Crippen molar-refractivity contribution in [1.82, 2.24) is 0 Å². The molecule has 0 aliphatic heterocycles. The molecule has 2 aromatic rings. The summed E-state index contributed by atoms with van der Waals surface area (Å²) >= 11 is 7.30. The second kappa shape index (κ2) is 9.44. The van der Waals surface area contributed by atoms with Crippen LogP contribution in [0.15, 0.2) is 24.3 Å². The van der Waals surface area contributed by atoms with E-state index in [2.05, 4.69) is 12.2 Å². The van der Waals surface area contributed by atoms with Gasteiger partial charge in [0.25, 0.3) is 0 Å². The first-order valence-electron chi connectivity index (χ1n) is 9.77. The maximum Gasteiger partial charge on any atom is 0.416 e. The van der Waals surface area contributed by atoms with Crippen molar-refractivity contribution in [3.8, 4) is 0 Å². The van der Waals surface area contributed by atoms with Gasteiger partial charge in [0.15, 0.2) is 0 Å². The Morgan fingerprint density at radius 1 is 1.35 bits per heavy atom. The molecule has 0 bridgehead atoms. The van der Waals surface area contributed by atoms with Gasteiger partial charge in [-0.15, -0.1) is 11.3 Å². The molecule has 1 aromatic carbocycles. The topological polar surface area (TPSA) is 55.4 Å². The number of alkyl halides is 3. The molecule has 166 valence electrons. The molecule has 1 heterocycles. The number of hydrogen-bond acceptors (Lipinski definition) is 4. The van der Waals surface area contributed by atoms with Crippen molar-refractivity contribution in [2.45, 2.75) is 39.3 Å². The van der Waals surface area contributed by atoms with Crippen molar-refractivity contribution in [3.05, 3.63) is 56.4 Å². The molecule has 9 heteroatoms. The van der Waals surface area contributed by atoms with E-state index in [1.54, 1.807) is 6.92 Å². The van der Waals surface area contributed by atoms with Crippen molar-refractivity contribution in [3.63, 3.8) is 0 Å². The molecule has 0 spiro atoms. The molecule has 1 amide bonds. The molecular formula is C22H21ClF3NO3S. The number of esters is 1. The van der Waals surface area contributed by atoms with E-state index in [0.717, 1.165) is 54.0 Å². The molecule has 0 saturated heterocycles. The van der Waals surface area contributed by atoms with Crippen LogP contribution in [0.25, 0.3) is 6.08 Å². The summed E-state index contributed by atoms with van der Waals surface area (Å²) in [6.45, 7) is 4.05. The summed E-state index contributed by atoms with van der Waals surface area (Å²) in [5.74, 6) is -0.590. The van der Waals surface area contributed by atoms with E-state index >= 15 is 0 Å². The van der Waals surface area contributed by atoms with E-state index < -0.39 is 23.6 Å². The van der Waals surface area contributed by atoms with E-state index in [-0.39, 0.29) is 17.2 Å². The summed E-state index contributed by atoms with van der Waals surface area (Å²) in [5.41, 5.74) is 0.479. The Hall–Kier alpha value is -2.32. The quantitative estimate of drug-likeness (QED) is 0.407. The predicted octanol–water partition coefficient (Wildman–Crippen LogP) is 6.37. The number of hydrogen-bond donors (Lipinski definition) is 1. The summed E-state index contributed by atoms with van der Waals surface area (Å²) in [7, 11) is 0. The molecule has 1 aliphatic rings. The van der Waals surface area contributed by atoms with Gasteiger partial charge in [0.05, 0.1) is 17.7 Å². The highest BCUT2D eigenvalue weighted by Crippen LogP contribution is 2.40. The largest absolute Gasteiger partial charge is 0.462 e. The fraction of sp³-hybridized carbons (Fsp3) is 0.364. The van der Waals surface area contributed by atoms with Gasteiger partial charge in [-0.3, -0.25) is 4.79 Å². The summed E-state index contributed by atoms with van der Waals surface area (Å²) in [6.07, 6.45) is 0.281. The van der Waals surface area contributed by atoms with Crippen molar-refractivity contribution in [2.75, 3.05) is 11.9 Å². The van der Waals surface area contributed by atoms with Gasteiger partial charge in [-0.1, -0.05) is 18.5 Å². The van der Waals surface area contributed by atoms with Gasteiger partial charge in [-0.25, -0.2) is 4.79 Å². The maximum absolute atomic E-state index is 12.9. The van der Waals surface area contributed by atoms with Gasteiger partial charge in [-0.2, -0.15) is 13.2 Å². The lowest BCUT2D eigenvalue weighted by atomic mass is 9.88. The van der Waals surface area contributed by atoms with E-state index in [4.69, 9.17) is 16.3 Å². The van der Waals surface area contributed by atoms with Crippen LogP contribution >= 0.6 is 22.9 Å². The fourth-order valence-corrected chi connectivity index (χ4v) is 5.01. The Bertz CT molecular complexity index is 1030. The number of carbonyl (C=O) groups excluding carboxylic acids is 2. The molecule has 1 N–H and O–H groups in total. The minimum absolute atomic E-state index is 0.0663. The molecular weight excluding hydrogens is 451 g/mol. The zero-order chi connectivity index (χ0) is 22.8. The van der Waals surface area contributed by atoms with Crippen LogP contribution in [0.5, 0.6) is 0 Å². The van der Waals surface area contributed by atoms with E-state index in [1.807, 2.05) is 0 Å². The van der Waals surface area contributed by atoms with E-state index in [0.29, 0.717) is 16.5 Å². The number of fused-ring (bicyclic) bond motifs is 1. The number of halogens is 4. The van der Waals surface area contributed by atoms with Crippen LogP contribution in [0.3, 0.4) is 0 Å². The summed E-state index contributed by atoms with van der Waals surface area (Å²) < 4.78 is 43.9. The number of thiophene rings is 1. The van der Waals surface area contributed by atoms with Crippen LogP contribution in [-0.4, -0.2) is 18.5 Å². The first-order chi connectivity index (χ1) is 14.6. The molecule has 1 atom stereocenters. The third kappa shape index (κ3) is 5.49. The van der Waals surface area contributed by atoms with Gasteiger partial charge in [0.2, 0.25) is 5.91 Å². The minimum atomic E-state index is -4.52. The highest BCUT2D eigenvalue weighted by Gasteiger charge is 2.31. The Kier molecular flexibility index (Phi) is 7.11. The lowest BCUT2D eigenvalue weighted by molar-refractivity contribution is -0.137. The highest BCUT2D eigenvalue weighted by atomic mass is 35.5. The molecule has 0 saturated carbocycles. The van der Waals surface area contributed by atoms with Gasteiger partial charge in [-0.05, 0) is 67.5 Å². The van der Waals surface area contributed by atoms with Crippen molar-refractivity contribution in [2.24, 2.45) is 5.92 Å². The number of carbonyl (C=O) groups is 2. The summed E-state index contributed by atoms with van der Waals surface area (Å²) in [5, 5.41) is 3.16. The first-order valence-corrected chi connectivity index (χ1v) is 11.0. The number of rotatable bonds is 5. The first kappa shape index (κ1) is 23.3. The zero-order valence-electron chi connectivity index (χ0n) is 16.9.